The molecule has 3 aromatic rings. The lowest BCUT2D eigenvalue weighted by molar-refractivity contribution is -0.274. The van der Waals surface area contributed by atoms with Gasteiger partial charge in [-0.2, -0.15) is 13.2 Å². The fourth-order valence-electron chi connectivity index (χ4n) is 2.32. The molecule has 0 bridgehead atoms. The van der Waals surface area contributed by atoms with Crippen molar-refractivity contribution in [2.24, 2.45) is 0 Å². The highest BCUT2D eigenvalue weighted by molar-refractivity contribution is 5.65. The molecule has 0 saturated carbocycles. The Balaban J connectivity index is 1.73. The summed E-state index contributed by atoms with van der Waals surface area (Å²) in [6, 6.07) is 13.6. The molecule has 0 spiro atoms. The van der Waals surface area contributed by atoms with E-state index in [9.17, 15) is 26.3 Å². The van der Waals surface area contributed by atoms with Crippen LogP contribution in [0.2, 0.25) is 0 Å². The summed E-state index contributed by atoms with van der Waals surface area (Å²) in [7, 11) is 0. The molecule has 0 fully saturated rings. The third-order valence-electron chi connectivity index (χ3n) is 3.54. The lowest BCUT2D eigenvalue weighted by Gasteiger charge is -2.11. The van der Waals surface area contributed by atoms with E-state index < -0.39 is 18.1 Å². The largest absolute Gasteiger partial charge is 0.573 e. The van der Waals surface area contributed by atoms with E-state index in [1.54, 1.807) is 18.2 Å². The number of aromatic nitrogens is 1. The van der Waals surface area contributed by atoms with Gasteiger partial charge < -0.3 is 9.47 Å². The zero-order valence-corrected chi connectivity index (χ0v) is 13.9. The quantitative estimate of drug-likeness (QED) is 0.472. The zero-order chi connectivity index (χ0) is 20.4. The highest BCUT2D eigenvalue weighted by Gasteiger charge is 2.31. The van der Waals surface area contributed by atoms with Gasteiger partial charge in [-0.3, -0.25) is 0 Å². The SMILES string of the molecule is FC(F)(F)Oc1cccc(-c2ccc(Oc3ccc(C(F)(F)F)cn3)cc2)c1. The van der Waals surface area contributed by atoms with Crippen LogP contribution in [-0.2, 0) is 6.18 Å². The van der Waals surface area contributed by atoms with E-state index in [-0.39, 0.29) is 11.6 Å². The number of ether oxygens (including phenoxy) is 2. The van der Waals surface area contributed by atoms with Crippen molar-refractivity contribution in [3.63, 3.8) is 0 Å². The van der Waals surface area contributed by atoms with Crippen LogP contribution in [0, 0.1) is 0 Å². The average molecular weight is 399 g/mol. The molecule has 1 aromatic heterocycles. The van der Waals surface area contributed by atoms with Crippen molar-refractivity contribution in [2.45, 2.75) is 12.5 Å². The van der Waals surface area contributed by atoms with E-state index in [0.29, 0.717) is 23.1 Å². The van der Waals surface area contributed by atoms with Crippen molar-refractivity contribution < 1.29 is 35.8 Å². The minimum atomic E-state index is -4.79. The molecule has 2 aromatic carbocycles. The van der Waals surface area contributed by atoms with Gasteiger partial charge in [-0.25, -0.2) is 4.98 Å². The molecule has 0 aliphatic carbocycles. The van der Waals surface area contributed by atoms with Crippen LogP contribution in [0.15, 0.2) is 66.9 Å². The molecule has 3 nitrogen and oxygen atoms in total. The average Bonchev–Trinajstić information content (AvgIpc) is 2.61. The minimum absolute atomic E-state index is 0.0266. The summed E-state index contributed by atoms with van der Waals surface area (Å²) in [5, 5.41) is 0. The van der Waals surface area contributed by atoms with Crippen molar-refractivity contribution in [3.05, 3.63) is 72.4 Å². The second kappa shape index (κ2) is 7.41. The lowest BCUT2D eigenvalue weighted by Crippen LogP contribution is -2.17. The molecule has 0 amide bonds. The Labute approximate surface area is 155 Å². The predicted molar refractivity (Wildman–Crippen MR) is 87.9 cm³/mol. The third kappa shape index (κ3) is 5.15. The number of hydrogen-bond donors (Lipinski definition) is 0. The van der Waals surface area contributed by atoms with E-state index in [1.165, 1.54) is 30.3 Å². The van der Waals surface area contributed by atoms with Gasteiger partial charge >= 0.3 is 12.5 Å². The first-order valence-electron chi connectivity index (χ1n) is 7.77. The molecule has 0 aliphatic heterocycles. The lowest BCUT2D eigenvalue weighted by atomic mass is 10.1. The molecular formula is C19H11F6NO2. The van der Waals surface area contributed by atoms with Gasteiger partial charge in [0.05, 0.1) is 5.56 Å². The number of hydrogen-bond acceptors (Lipinski definition) is 3. The monoisotopic (exact) mass is 399 g/mol. The van der Waals surface area contributed by atoms with Crippen LogP contribution in [0.4, 0.5) is 26.3 Å². The van der Waals surface area contributed by atoms with E-state index in [4.69, 9.17) is 4.74 Å². The highest BCUT2D eigenvalue weighted by Crippen LogP contribution is 2.31. The van der Waals surface area contributed by atoms with Crippen molar-refractivity contribution in [3.8, 4) is 28.5 Å². The van der Waals surface area contributed by atoms with Crippen molar-refractivity contribution in [2.75, 3.05) is 0 Å². The molecule has 28 heavy (non-hydrogen) atoms. The summed E-state index contributed by atoms with van der Waals surface area (Å²) in [5.41, 5.74) is 0.192. The van der Waals surface area contributed by atoms with E-state index in [0.717, 1.165) is 12.1 Å². The highest BCUT2D eigenvalue weighted by atomic mass is 19.4. The van der Waals surface area contributed by atoms with Crippen LogP contribution in [0.3, 0.4) is 0 Å². The maximum absolute atomic E-state index is 12.5. The van der Waals surface area contributed by atoms with Gasteiger partial charge in [0.2, 0.25) is 5.88 Å². The summed E-state index contributed by atoms with van der Waals surface area (Å²) in [5.74, 6) is -0.0701. The molecule has 0 saturated heterocycles. The number of pyridine rings is 1. The topological polar surface area (TPSA) is 31.4 Å². The second-order valence-electron chi connectivity index (χ2n) is 5.58. The number of halogens is 6. The van der Waals surface area contributed by atoms with Gasteiger partial charge in [0.1, 0.15) is 11.5 Å². The van der Waals surface area contributed by atoms with Gasteiger partial charge in [0.25, 0.3) is 0 Å². The van der Waals surface area contributed by atoms with Gasteiger partial charge in [-0.05, 0) is 41.5 Å². The Kier molecular flexibility index (Phi) is 5.17. The van der Waals surface area contributed by atoms with Crippen LogP contribution in [0.5, 0.6) is 17.4 Å². The molecule has 0 radical (unpaired) electrons. The van der Waals surface area contributed by atoms with Gasteiger partial charge in [-0.1, -0.05) is 24.3 Å². The first-order valence-corrected chi connectivity index (χ1v) is 7.77. The number of nitrogens with zero attached hydrogens (tertiary/aromatic N) is 1. The summed E-state index contributed by atoms with van der Waals surface area (Å²) in [6.07, 6.45) is -8.61. The Bertz CT molecular complexity index is 934. The van der Waals surface area contributed by atoms with Crippen LogP contribution in [-0.4, -0.2) is 11.3 Å². The van der Waals surface area contributed by atoms with Gasteiger partial charge in [-0.15, -0.1) is 13.2 Å². The Hall–Kier alpha value is -3.23. The molecule has 3 rings (SSSR count). The number of alkyl halides is 6. The molecule has 0 unspecified atom stereocenters. The molecule has 0 aliphatic rings. The minimum Gasteiger partial charge on any atom is -0.439 e. The smallest absolute Gasteiger partial charge is 0.439 e. The Morgan fingerprint density at radius 1 is 0.714 bits per heavy atom. The molecule has 0 N–H and O–H groups in total. The molecule has 1 heterocycles. The third-order valence-corrected chi connectivity index (χ3v) is 3.54. The molecular weight excluding hydrogens is 388 g/mol. The Morgan fingerprint density at radius 3 is 2.00 bits per heavy atom. The maximum atomic E-state index is 12.5. The van der Waals surface area contributed by atoms with E-state index >= 15 is 0 Å². The van der Waals surface area contributed by atoms with Gasteiger partial charge in [0.15, 0.2) is 0 Å². The van der Waals surface area contributed by atoms with Crippen LogP contribution < -0.4 is 9.47 Å². The van der Waals surface area contributed by atoms with Crippen LogP contribution in [0.25, 0.3) is 11.1 Å². The first kappa shape index (κ1) is 19.5. The molecule has 146 valence electrons. The van der Waals surface area contributed by atoms with Crippen molar-refractivity contribution >= 4 is 0 Å². The molecule has 0 atom stereocenters. The zero-order valence-electron chi connectivity index (χ0n) is 13.9. The summed E-state index contributed by atoms with van der Waals surface area (Å²) < 4.78 is 83.8. The fraction of sp³-hybridized carbons (Fsp3) is 0.105. The van der Waals surface area contributed by atoms with Crippen LogP contribution >= 0.6 is 0 Å². The standard InChI is InChI=1S/C19H11F6NO2/c20-18(21,22)14-6-9-17(26-11-14)27-15-7-4-12(5-8-15)13-2-1-3-16(10-13)28-19(23,24)25/h1-11H. The molecule has 9 heteroatoms. The van der Waals surface area contributed by atoms with Gasteiger partial charge in [0, 0.05) is 12.3 Å². The summed E-state index contributed by atoms with van der Waals surface area (Å²) in [4.78, 5) is 3.60. The first-order chi connectivity index (χ1) is 13.1. The van der Waals surface area contributed by atoms with Crippen molar-refractivity contribution in [1.82, 2.24) is 4.98 Å². The predicted octanol–water partition coefficient (Wildman–Crippen LogP) is 6.46. The summed E-state index contributed by atoms with van der Waals surface area (Å²) in [6.45, 7) is 0. The maximum Gasteiger partial charge on any atom is 0.573 e. The summed E-state index contributed by atoms with van der Waals surface area (Å²) >= 11 is 0. The normalized spacial score (nSPS) is 11.9. The van der Waals surface area contributed by atoms with E-state index in [2.05, 4.69) is 9.72 Å². The number of benzene rings is 2. The van der Waals surface area contributed by atoms with E-state index in [1.807, 2.05) is 0 Å². The Morgan fingerprint density at radius 2 is 1.43 bits per heavy atom. The van der Waals surface area contributed by atoms with Crippen molar-refractivity contribution in [1.29, 1.82) is 0 Å². The second-order valence-corrected chi connectivity index (χ2v) is 5.58. The fourth-order valence-corrected chi connectivity index (χ4v) is 2.32. The van der Waals surface area contributed by atoms with Crippen LogP contribution in [0.1, 0.15) is 5.56 Å². The number of rotatable bonds is 4.